The fourth-order valence-electron chi connectivity index (χ4n) is 5.55. The van der Waals surface area contributed by atoms with Crippen LogP contribution >= 0.6 is 0 Å². The molecular formula is C24H18N2O2. The molecule has 7 rings (SSSR count). The third-order valence-corrected chi connectivity index (χ3v) is 6.58. The molecule has 0 N–H and O–H groups in total. The second-order valence-corrected chi connectivity index (χ2v) is 7.97. The molecule has 2 heterocycles. The highest BCUT2D eigenvalue weighted by Crippen LogP contribution is 2.61. The summed E-state index contributed by atoms with van der Waals surface area (Å²) in [6, 6.07) is 20.3. The zero-order chi connectivity index (χ0) is 19.0. The predicted molar refractivity (Wildman–Crippen MR) is 105 cm³/mol. The van der Waals surface area contributed by atoms with Crippen LogP contribution in [0.25, 0.3) is 0 Å². The molecule has 2 aromatic carbocycles. The first-order chi connectivity index (χ1) is 13.7. The molecule has 3 aliphatic carbocycles. The van der Waals surface area contributed by atoms with Gasteiger partial charge in [0, 0.05) is 18.0 Å². The molecule has 1 aliphatic heterocycles. The summed E-state index contributed by atoms with van der Waals surface area (Å²) in [6.07, 6.45) is 1.66. The van der Waals surface area contributed by atoms with E-state index in [1.165, 1.54) is 27.2 Å². The van der Waals surface area contributed by atoms with Crippen molar-refractivity contribution in [1.82, 2.24) is 4.98 Å². The molecular weight excluding hydrogens is 348 g/mol. The summed E-state index contributed by atoms with van der Waals surface area (Å²) in [5.74, 6) is -0.660. The average molecular weight is 366 g/mol. The van der Waals surface area contributed by atoms with Crippen LogP contribution in [0.3, 0.4) is 0 Å². The Kier molecular flexibility index (Phi) is 3.03. The molecule has 1 aromatic heterocycles. The molecule has 2 atom stereocenters. The zero-order valence-corrected chi connectivity index (χ0v) is 15.4. The van der Waals surface area contributed by atoms with E-state index in [4.69, 9.17) is 0 Å². The number of anilines is 1. The third kappa shape index (κ3) is 1.82. The van der Waals surface area contributed by atoms with E-state index in [0.29, 0.717) is 5.82 Å². The van der Waals surface area contributed by atoms with Crippen molar-refractivity contribution in [2.45, 2.75) is 18.8 Å². The number of benzene rings is 2. The monoisotopic (exact) mass is 366 g/mol. The van der Waals surface area contributed by atoms with E-state index in [-0.39, 0.29) is 35.5 Å². The summed E-state index contributed by atoms with van der Waals surface area (Å²) in [6.45, 7) is 1.94. The molecule has 4 aliphatic rings. The van der Waals surface area contributed by atoms with E-state index >= 15 is 0 Å². The number of pyridine rings is 1. The number of carbonyl (C=O) groups is 2. The number of hydrogen-bond donors (Lipinski definition) is 0. The van der Waals surface area contributed by atoms with E-state index in [0.717, 1.165) is 5.56 Å². The highest BCUT2D eigenvalue weighted by Gasteiger charge is 2.61. The zero-order valence-electron chi connectivity index (χ0n) is 15.4. The third-order valence-electron chi connectivity index (χ3n) is 6.58. The summed E-state index contributed by atoms with van der Waals surface area (Å²) < 4.78 is 0. The molecule has 4 nitrogen and oxygen atoms in total. The predicted octanol–water partition coefficient (Wildman–Crippen LogP) is 3.79. The van der Waals surface area contributed by atoms with Crippen LogP contribution < -0.4 is 4.90 Å². The number of hydrogen-bond acceptors (Lipinski definition) is 3. The van der Waals surface area contributed by atoms with Gasteiger partial charge in [0.1, 0.15) is 5.82 Å². The average Bonchev–Trinajstić information content (AvgIpc) is 2.99. The maximum Gasteiger partial charge on any atom is 0.239 e. The van der Waals surface area contributed by atoms with Crippen LogP contribution in [-0.2, 0) is 9.59 Å². The van der Waals surface area contributed by atoms with Crippen molar-refractivity contribution in [3.8, 4) is 0 Å². The standard InChI is InChI=1S/C24H18N2O2/c1-13-10-11-25-18(12-13)26-23(27)21-19-14-6-2-3-7-15(14)20(22(21)24(26)28)17-9-5-4-8-16(17)19/h2-12,19-22H,1H3/t19?,20?,21-,22-/m0/s1. The van der Waals surface area contributed by atoms with Crippen molar-refractivity contribution >= 4 is 17.6 Å². The molecule has 0 unspecified atom stereocenters. The van der Waals surface area contributed by atoms with Gasteiger partial charge in [-0.3, -0.25) is 9.59 Å². The van der Waals surface area contributed by atoms with Gasteiger partial charge in [0.15, 0.2) is 0 Å². The molecule has 1 fully saturated rings. The Morgan fingerprint density at radius 3 is 1.64 bits per heavy atom. The van der Waals surface area contributed by atoms with Crippen molar-refractivity contribution in [3.05, 3.63) is 94.7 Å². The van der Waals surface area contributed by atoms with Crippen LogP contribution in [0, 0.1) is 18.8 Å². The van der Waals surface area contributed by atoms with Gasteiger partial charge in [-0.25, -0.2) is 9.88 Å². The maximum atomic E-state index is 13.5. The fourth-order valence-corrected chi connectivity index (χ4v) is 5.55. The Morgan fingerprint density at radius 2 is 1.21 bits per heavy atom. The first-order valence-electron chi connectivity index (χ1n) is 9.65. The van der Waals surface area contributed by atoms with Crippen molar-refractivity contribution in [2.75, 3.05) is 4.90 Å². The van der Waals surface area contributed by atoms with Gasteiger partial charge in [-0.15, -0.1) is 0 Å². The van der Waals surface area contributed by atoms with Crippen molar-refractivity contribution in [1.29, 1.82) is 0 Å². The van der Waals surface area contributed by atoms with Crippen LogP contribution in [0.2, 0.25) is 0 Å². The van der Waals surface area contributed by atoms with Gasteiger partial charge in [-0.05, 0) is 46.9 Å². The fraction of sp³-hybridized carbons (Fsp3) is 0.208. The Labute approximate surface area is 162 Å². The Bertz CT molecular complexity index is 1050. The molecule has 1 saturated heterocycles. The second kappa shape index (κ2) is 5.38. The maximum absolute atomic E-state index is 13.5. The lowest BCUT2D eigenvalue weighted by atomic mass is 9.55. The largest absolute Gasteiger partial charge is 0.274 e. The van der Waals surface area contributed by atoms with Gasteiger partial charge in [0.05, 0.1) is 11.8 Å². The Hall–Kier alpha value is -3.27. The molecule has 0 saturated carbocycles. The van der Waals surface area contributed by atoms with Gasteiger partial charge in [0.2, 0.25) is 11.8 Å². The summed E-state index contributed by atoms with van der Waals surface area (Å²) in [5, 5.41) is 0. The van der Waals surface area contributed by atoms with Crippen LogP contribution in [0.5, 0.6) is 0 Å². The molecule has 2 bridgehead atoms. The SMILES string of the molecule is Cc1ccnc(N2C(=O)[C@H]3C4c5ccccc5C(c5ccccc54)[C@@H]3C2=O)c1. The number of carbonyl (C=O) groups excluding carboxylic acids is 2. The molecule has 2 amide bonds. The topological polar surface area (TPSA) is 50.3 Å². The van der Waals surface area contributed by atoms with Gasteiger partial charge >= 0.3 is 0 Å². The number of amides is 2. The van der Waals surface area contributed by atoms with Crippen molar-refractivity contribution < 1.29 is 9.59 Å². The highest BCUT2D eigenvalue weighted by molar-refractivity contribution is 6.23. The highest BCUT2D eigenvalue weighted by atomic mass is 16.2. The second-order valence-electron chi connectivity index (χ2n) is 7.97. The summed E-state index contributed by atoms with van der Waals surface area (Å²) in [4.78, 5) is 32.7. The first kappa shape index (κ1) is 15.8. The Morgan fingerprint density at radius 1 is 0.750 bits per heavy atom. The van der Waals surface area contributed by atoms with Gasteiger partial charge < -0.3 is 0 Å². The van der Waals surface area contributed by atoms with Crippen LogP contribution in [0.1, 0.15) is 39.7 Å². The van der Waals surface area contributed by atoms with E-state index in [9.17, 15) is 9.59 Å². The number of aromatic nitrogens is 1. The molecule has 3 aromatic rings. The minimum absolute atomic E-state index is 0.0753. The summed E-state index contributed by atoms with van der Waals surface area (Å²) in [5.41, 5.74) is 5.73. The molecule has 0 spiro atoms. The number of nitrogens with zero attached hydrogens (tertiary/aromatic N) is 2. The van der Waals surface area contributed by atoms with E-state index in [2.05, 4.69) is 29.2 Å². The lowest BCUT2D eigenvalue weighted by molar-refractivity contribution is -0.122. The minimum Gasteiger partial charge on any atom is -0.274 e. The van der Waals surface area contributed by atoms with Crippen molar-refractivity contribution in [3.63, 3.8) is 0 Å². The Balaban J connectivity index is 1.58. The van der Waals surface area contributed by atoms with Crippen molar-refractivity contribution in [2.24, 2.45) is 11.8 Å². The number of rotatable bonds is 1. The lowest BCUT2D eigenvalue weighted by Crippen LogP contribution is -2.41. The van der Waals surface area contributed by atoms with Crippen LogP contribution in [-0.4, -0.2) is 16.8 Å². The van der Waals surface area contributed by atoms with E-state index in [1.807, 2.05) is 43.3 Å². The first-order valence-corrected chi connectivity index (χ1v) is 9.65. The van der Waals surface area contributed by atoms with E-state index < -0.39 is 0 Å². The van der Waals surface area contributed by atoms with Gasteiger partial charge in [-0.2, -0.15) is 0 Å². The summed E-state index contributed by atoms with van der Waals surface area (Å²) in [7, 11) is 0. The van der Waals surface area contributed by atoms with Crippen LogP contribution in [0.15, 0.2) is 66.9 Å². The van der Waals surface area contributed by atoms with E-state index in [1.54, 1.807) is 6.20 Å². The minimum atomic E-state index is -0.357. The number of aryl methyl sites for hydroxylation is 1. The van der Waals surface area contributed by atoms with Gasteiger partial charge in [0.25, 0.3) is 0 Å². The molecule has 136 valence electrons. The van der Waals surface area contributed by atoms with Gasteiger partial charge in [-0.1, -0.05) is 48.5 Å². The smallest absolute Gasteiger partial charge is 0.239 e. The normalized spacial score (nSPS) is 26.8. The van der Waals surface area contributed by atoms with Crippen LogP contribution in [0.4, 0.5) is 5.82 Å². The molecule has 0 radical (unpaired) electrons. The lowest BCUT2D eigenvalue weighted by Gasteiger charge is -2.45. The molecule has 28 heavy (non-hydrogen) atoms. The number of imide groups is 1. The summed E-state index contributed by atoms with van der Waals surface area (Å²) >= 11 is 0. The quantitative estimate of drug-likeness (QED) is 0.616. The molecule has 4 heteroatoms.